The summed E-state index contributed by atoms with van der Waals surface area (Å²) in [5.74, 6) is 5.99. The lowest BCUT2D eigenvalue weighted by atomic mass is 10.1. The monoisotopic (exact) mass is 162 g/mol. The maximum absolute atomic E-state index is 5.34. The zero-order chi connectivity index (χ0) is 8.55. The van der Waals surface area contributed by atoms with E-state index in [0.29, 0.717) is 12.0 Å². The quantitative estimate of drug-likeness (QED) is 0.508. The van der Waals surface area contributed by atoms with Crippen LogP contribution >= 0.6 is 0 Å². The van der Waals surface area contributed by atoms with Gasteiger partial charge in [-0.3, -0.25) is 11.3 Å². The van der Waals surface area contributed by atoms with Gasteiger partial charge in [0.15, 0.2) is 0 Å². The third kappa shape index (κ3) is 1.36. The molecule has 2 rings (SSSR count). The minimum atomic E-state index is 0.507. The maximum atomic E-state index is 5.34. The summed E-state index contributed by atoms with van der Waals surface area (Å²) in [6.07, 6.45) is 1.18. The zero-order valence-electron chi connectivity index (χ0n) is 7.25. The lowest BCUT2D eigenvalue weighted by molar-refractivity contribution is 0.715. The molecule has 2 atom stereocenters. The molecule has 0 unspecified atom stereocenters. The molecule has 1 aliphatic carbocycles. The van der Waals surface area contributed by atoms with Crippen LogP contribution in [-0.4, -0.2) is 6.04 Å². The number of nitrogens with two attached hydrogens (primary N) is 1. The Hall–Kier alpha value is -0.860. The molecular formula is C10H14N2. The summed E-state index contributed by atoms with van der Waals surface area (Å²) in [6.45, 7) is 2.11. The Morgan fingerprint density at radius 3 is 2.50 bits per heavy atom. The Kier molecular flexibility index (Phi) is 1.87. The lowest BCUT2D eigenvalue weighted by Crippen LogP contribution is -2.25. The van der Waals surface area contributed by atoms with E-state index in [-0.39, 0.29) is 0 Å². The van der Waals surface area contributed by atoms with Crippen molar-refractivity contribution in [2.45, 2.75) is 25.3 Å². The van der Waals surface area contributed by atoms with Crippen molar-refractivity contribution in [3.8, 4) is 0 Å². The highest BCUT2D eigenvalue weighted by atomic mass is 15.3. The van der Waals surface area contributed by atoms with Crippen LogP contribution in [0.3, 0.4) is 0 Å². The highest BCUT2D eigenvalue weighted by Crippen LogP contribution is 2.39. The number of aryl methyl sites for hydroxylation is 1. The van der Waals surface area contributed by atoms with Crippen LogP contribution in [0.1, 0.15) is 23.5 Å². The zero-order valence-corrected chi connectivity index (χ0v) is 7.25. The Morgan fingerprint density at radius 1 is 1.33 bits per heavy atom. The van der Waals surface area contributed by atoms with Crippen LogP contribution in [0.15, 0.2) is 24.3 Å². The Labute approximate surface area is 72.7 Å². The second-order valence-electron chi connectivity index (χ2n) is 3.53. The highest BCUT2D eigenvalue weighted by Gasteiger charge is 2.37. The standard InChI is InChI=1S/C10H14N2/c1-7-2-4-8(5-3-7)9-6-10(9)12-11/h2-5,9-10,12H,6,11H2,1H3/t9-,10-/m0/s1. The van der Waals surface area contributed by atoms with Crippen molar-refractivity contribution in [3.63, 3.8) is 0 Å². The Bertz CT molecular complexity index is 266. The molecule has 0 amide bonds. The van der Waals surface area contributed by atoms with Crippen LogP contribution in [0.2, 0.25) is 0 Å². The van der Waals surface area contributed by atoms with Crippen molar-refractivity contribution in [1.82, 2.24) is 5.43 Å². The molecule has 0 radical (unpaired) electrons. The van der Waals surface area contributed by atoms with Gasteiger partial charge in [0.1, 0.15) is 0 Å². The number of hydrogen-bond acceptors (Lipinski definition) is 2. The first-order chi connectivity index (χ1) is 5.81. The molecule has 0 saturated heterocycles. The summed E-state index contributed by atoms with van der Waals surface area (Å²) in [5, 5.41) is 0. The average Bonchev–Trinajstić information content (AvgIpc) is 2.85. The number of nitrogens with one attached hydrogen (secondary N) is 1. The predicted molar refractivity (Wildman–Crippen MR) is 49.6 cm³/mol. The van der Waals surface area contributed by atoms with Gasteiger partial charge in [0.05, 0.1) is 0 Å². The van der Waals surface area contributed by atoms with Crippen LogP contribution in [0.25, 0.3) is 0 Å². The molecule has 1 aromatic carbocycles. The summed E-state index contributed by atoms with van der Waals surface area (Å²) >= 11 is 0. The fraction of sp³-hybridized carbons (Fsp3) is 0.400. The fourth-order valence-electron chi connectivity index (χ4n) is 1.56. The van der Waals surface area contributed by atoms with Crippen LogP contribution in [0, 0.1) is 6.92 Å². The molecule has 64 valence electrons. The molecule has 1 aromatic rings. The average molecular weight is 162 g/mol. The predicted octanol–water partition coefficient (Wildman–Crippen LogP) is 1.31. The largest absolute Gasteiger partial charge is 0.271 e. The summed E-state index contributed by atoms with van der Waals surface area (Å²) in [4.78, 5) is 0. The lowest BCUT2D eigenvalue weighted by Gasteiger charge is -1.99. The fourth-order valence-corrected chi connectivity index (χ4v) is 1.56. The topological polar surface area (TPSA) is 38.0 Å². The third-order valence-electron chi connectivity index (χ3n) is 2.51. The van der Waals surface area contributed by atoms with Crippen molar-refractivity contribution in [1.29, 1.82) is 0 Å². The smallest absolute Gasteiger partial charge is 0.0286 e. The van der Waals surface area contributed by atoms with Gasteiger partial charge in [-0.2, -0.15) is 0 Å². The minimum absolute atomic E-state index is 0.507. The van der Waals surface area contributed by atoms with E-state index in [1.54, 1.807) is 0 Å². The van der Waals surface area contributed by atoms with Crippen LogP contribution in [-0.2, 0) is 0 Å². The van der Waals surface area contributed by atoms with E-state index in [1.807, 2.05) is 0 Å². The van der Waals surface area contributed by atoms with Crippen molar-refractivity contribution in [2.75, 3.05) is 0 Å². The molecule has 0 spiro atoms. The van der Waals surface area contributed by atoms with E-state index in [1.165, 1.54) is 17.5 Å². The molecule has 0 heterocycles. The summed E-state index contributed by atoms with van der Waals surface area (Å²) < 4.78 is 0. The van der Waals surface area contributed by atoms with Crippen LogP contribution in [0.5, 0.6) is 0 Å². The molecule has 1 fully saturated rings. The molecule has 0 bridgehead atoms. The van der Waals surface area contributed by atoms with E-state index >= 15 is 0 Å². The molecule has 1 saturated carbocycles. The SMILES string of the molecule is Cc1ccc([C@@H]2C[C@@H]2NN)cc1. The van der Waals surface area contributed by atoms with Crippen LogP contribution < -0.4 is 11.3 Å². The first-order valence-corrected chi connectivity index (χ1v) is 4.34. The number of benzene rings is 1. The summed E-state index contributed by atoms with van der Waals surface area (Å²) in [7, 11) is 0. The van der Waals surface area contributed by atoms with Gasteiger partial charge >= 0.3 is 0 Å². The second-order valence-corrected chi connectivity index (χ2v) is 3.53. The first kappa shape index (κ1) is 7.77. The van der Waals surface area contributed by atoms with Crippen molar-refractivity contribution in [3.05, 3.63) is 35.4 Å². The van der Waals surface area contributed by atoms with Gasteiger partial charge in [0, 0.05) is 12.0 Å². The molecule has 2 nitrogen and oxygen atoms in total. The number of rotatable bonds is 2. The van der Waals surface area contributed by atoms with Gasteiger partial charge in [-0.15, -0.1) is 0 Å². The summed E-state index contributed by atoms with van der Waals surface area (Å²) in [5.41, 5.74) is 5.52. The molecule has 1 aliphatic rings. The molecule has 12 heavy (non-hydrogen) atoms. The summed E-state index contributed by atoms with van der Waals surface area (Å²) in [6, 6.07) is 9.20. The number of hydrazine groups is 1. The van der Waals surface area contributed by atoms with E-state index < -0.39 is 0 Å². The Morgan fingerprint density at radius 2 is 2.00 bits per heavy atom. The highest BCUT2D eigenvalue weighted by molar-refractivity contribution is 5.30. The van der Waals surface area contributed by atoms with Crippen molar-refractivity contribution < 1.29 is 0 Å². The maximum Gasteiger partial charge on any atom is 0.0286 e. The molecule has 0 aromatic heterocycles. The van der Waals surface area contributed by atoms with Gasteiger partial charge in [-0.05, 0) is 18.9 Å². The minimum Gasteiger partial charge on any atom is -0.271 e. The van der Waals surface area contributed by atoms with Gasteiger partial charge in [-0.25, -0.2) is 0 Å². The third-order valence-corrected chi connectivity index (χ3v) is 2.51. The molecular weight excluding hydrogens is 148 g/mol. The van der Waals surface area contributed by atoms with E-state index in [9.17, 15) is 0 Å². The van der Waals surface area contributed by atoms with Crippen molar-refractivity contribution in [2.24, 2.45) is 5.84 Å². The van der Waals surface area contributed by atoms with E-state index in [4.69, 9.17) is 5.84 Å². The van der Waals surface area contributed by atoms with E-state index in [2.05, 4.69) is 36.6 Å². The Balaban J connectivity index is 2.10. The second kappa shape index (κ2) is 2.88. The first-order valence-electron chi connectivity index (χ1n) is 4.34. The van der Waals surface area contributed by atoms with Gasteiger partial charge < -0.3 is 0 Å². The van der Waals surface area contributed by atoms with E-state index in [0.717, 1.165) is 0 Å². The van der Waals surface area contributed by atoms with Gasteiger partial charge in [0.2, 0.25) is 0 Å². The van der Waals surface area contributed by atoms with Crippen molar-refractivity contribution >= 4 is 0 Å². The molecule has 0 aliphatic heterocycles. The molecule has 2 heteroatoms. The number of hydrogen-bond donors (Lipinski definition) is 2. The van der Waals surface area contributed by atoms with Crippen LogP contribution in [0.4, 0.5) is 0 Å². The normalized spacial score (nSPS) is 27.2. The van der Waals surface area contributed by atoms with Gasteiger partial charge in [-0.1, -0.05) is 29.8 Å². The van der Waals surface area contributed by atoms with Gasteiger partial charge in [0.25, 0.3) is 0 Å². The molecule has 3 N–H and O–H groups in total.